The Kier molecular flexibility index (Phi) is 3.11. The van der Waals surface area contributed by atoms with Crippen molar-refractivity contribution in [1.82, 2.24) is 4.98 Å². The van der Waals surface area contributed by atoms with E-state index in [1.165, 1.54) is 0 Å². The minimum absolute atomic E-state index is 0.570. The normalized spacial score (nSPS) is 10.8. The van der Waals surface area contributed by atoms with Gasteiger partial charge in [-0.05, 0) is 18.6 Å². The standard InChI is InChI=1S/C11H13ClN2O/c1-2-3-6-13-11-14-9-5-4-8(12)7-10(9)15-11/h4-5,7H,2-3,6H2,1H3,(H,13,14). The van der Waals surface area contributed by atoms with Crippen molar-refractivity contribution < 1.29 is 4.42 Å². The zero-order valence-corrected chi connectivity index (χ0v) is 9.34. The molecule has 1 aromatic carbocycles. The predicted molar refractivity (Wildman–Crippen MR) is 62.4 cm³/mol. The molecule has 1 aromatic heterocycles. The molecule has 0 unspecified atom stereocenters. The van der Waals surface area contributed by atoms with Crippen LogP contribution in [0.2, 0.25) is 5.02 Å². The summed E-state index contributed by atoms with van der Waals surface area (Å²) in [4.78, 5) is 4.29. The first-order valence-electron chi connectivity index (χ1n) is 5.09. The third-order valence-electron chi connectivity index (χ3n) is 2.16. The van der Waals surface area contributed by atoms with E-state index in [0.29, 0.717) is 11.0 Å². The lowest BCUT2D eigenvalue weighted by molar-refractivity contribution is 0.611. The number of halogens is 1. The molecule has 0 spiro atoms. The van der Waals surface area contributed by atoms with E-state index in [1.54, 1.807) is 6.07 Å². The highest BCUT2D eigenvalue weighted by molar-refractivity contribution is 6.31. The van der Waals surface area contributed by atoms with E-state index < -0.39 is 0 Å². The summed E-state index contributed by atoms with van der Waals surface area (Å²) in [6.45, 7) is 3.03. The summed E-state index contributed by atoms with van der Waals surface area (Å²) in [7, 11) is 0. The van der Waals surface area contributed by atoms with E-state index in [9.17, 15) is 0 Å². The Morgan fingerprint density at radius 1 is 1.47 bits per heavy atom. The first kappa shape index (κ1) is 10.3. The maximum atomic E-state index is 5.85. The largest absolute Gasteiger partial charge is 0.424 e. The van der Waals surface area contributed by atoms with Crippen LogP contribution in [0, 0.1) is 0 Å². The van der Waals surface area contributed by atoms with Gasteiger partial charge in [-0.3, -0.25) is 0 Å². The lowest BCUT2D eigenvalue weighted by atomic mass is 10.3. The van der Waals surface area contributed by atoms with Gasteiger partial charge in [0.15, 0.2) is 5.58 Å². The molecule has 1 heterocycles. The summed E-state index contributed by atoms with van der Waals surface area (Å²) in [5.74, 6) is 0. The highest BCUT2D eigenvalue weighted by Crippen LogP contribution is 2.22. The van der Waals surface area contributed by atoms with E-state index in [4.69, 9.17) is 16.0 Å². The fourth-order valence-electron chi connectivity index (χ4n) is 1.35. The summed E-state index contributed by atoms with van der Waals surface area (Å²) in [6, 6.07) is 6.00. The van der Waals surface area contributed by atoms with Crippen LogP contribution in [0.25, 0.3) is 11.1 Å². The van der Waals surface area contributed by atoms with Crippen LogP contribution >= 0.6 is 11.6 Å². The zero-order chi connectivity index (χ0) is 10.7. The van der Waals surface area contributed by atoms with Crippen LogP contribution in [0.4, 0.5) is 6.01 Å². The quantitative estimate of drug-likeness (QED) is 0.805. The molecule has 0 aliphatic carbocycles. The van der Waals surface area contributed by atoms with Crippen molar-refractivity contribution in [2.45, 2.75) is 19.8 Å². The lowest BCUT2D eigenvalue weighted by Gasteiger charge is -1.97. The molecule has 1 N–H and O–H groups in total. The van der Waals surface area contributed by atoms with E-state index in [1.807, 2.05) is 12.1 Å². The highest BCUT2D eigenvalue weighted by atomic mass is 35.5. The molecule has 0 fully saturated rings. The molecule has 4 heteroatoms. The molecular weight excluding hydrogens is 212 g/mol. The molecule has 15 heavy (non-hydrogen) atoms. The molecule has 0 aliphatic heterocycles. The summed E-state index contributed by atoms with van der Waals surface area (Å²) in [6.07, 6.45) is 2.26. The number of hydrogen-bond donors (Lipinski definition) is 1. The number of benzene rings is 1. The number of fused-ring (bicyclic) bond motifs is 1. The summed E-state index contributed by atoms with van der Waals surface area (Å²) in [5, 5.41) is 3.80. The highest BCUT2D eigenvalue weighted by Gasteiger charge is 2.04. The number of hydrogen-bond acceptors (Lipinski definition) is 3. The number of oxazole rings is 1. The van der Waals surface area contributed by atoms with E-state index in [-0.39, 0.29) is 0 Å². The van der Waals surface area contributed by atoms with Crippen molar-refractivity contribution in [2.75, 3.05) is 11.9 Å². The van der Waals surface area contributed by atoms with Gasteiger partial charge >= 0.3 is 0 Å². The van der Waals surface area contributed by atoms with Crippen LogP contribution in [0.3, 0.4) is 0 Å². The maximum Gasteiger partial charge on any atom is 0.295 e. The molecular formula is C11H13ClN2O. The minimum atomic E-state index is 0.570. The van der Waals surface area contributed by atoms with Gasteiger partial charge in [-0.25, -0.2) is 0 Å². The van der Waals surface area contributed by atoms with Crippen LogP contribution in [0.15, 0.2) is 22.6 Å². The minimum Gasteiger partial charge on any atom is -0.424 e. The van der Waals surface area contributed by atoms with Crippen molar-refractivity contribution in [3.63, 3.8) is 0 Å². The molecule has 3 nitrogen and oxygen atoms in total. The van der Waals surface area contributed by atoms with E-state index >= 15 is 0 Å². The Labute approximate surface area is 93.4 Å². The summed E-state index contributed by atoms with van der Waals surface area (Å²) < 4.78 is 5.49. The topological polar surface area (TPSA) is 38.1 Å². The lowest BCUT2D eigenvalue weighted by Crippen LogP contribution is -2.00. The molecule has 0 amide bonds. The second-order valence-electron chi connectivity index (χ2n) is 3.41. The summed E-state index contributed by atoms with van der Waals surface area (Å²) in [5.41, 5.74) is 1.56. The van der Waals surface area contributed by atoms with Gasteiger partial charge in [0, 0.05) is 17.6 Å². The molecule has 0 radical (unpaired) electrons. The number of aromatic nitrogens is 1. The van der Waals surface area contributed by atoms with Crippen LogP contribution in [-0.4, -0.2) is 11.5 Å². The van der Waals surface area contributed by atoms with Gasteiger partial charge < -0.3 is 9.73 Å². The number of nitrogens with zero attached hydrogens (tertiary/aromatic N) is 1. The van der Waals surface area contributed by atoms with Gasteiger partial charge in [-0.2, -0.15) is 4.98 Å². The Morgan fingerprint density at radius 3 is 3.13 bits per heavy atom. The predicted octanol–water partition coefficient (Wildman–Crippen LogP) is 3.69. The monoisotopic (exact) mass is 224 g/mol. The first-order chi connectivity index (χ1) is 7.29. The van der Waals surface area contributed by atoms with Crippen molar-refractivity contribution in [3.05, 3.63) is 23.2 Å². The van der Waals surface area contributed by atoms with Gasteiger partial charge in [0.1, 0.15) is 5.52 Å². The molecule has 0 saturated carbocycles. The number of nitrogens with one attached hydrogen (secondary N) is 1. The molecule has 0 saturated heterocycles. The van der Waals surface area contributed by atoms with E-state index in [2.05, 4.69) is 17.2 Å². The van der Waals surface area contributed by atoms with Gasteiger partial charge in [-0.1, -0.05) is 24.9 Å². The van der Waals surface area contributed by atoms with Crippen molar-refractivity contribution in [3.8, 4) is 0 Å². The Hall–Kier alpha value is -1.22. The second kappa shape index (κ2) is 4.53. The van der Waals surface area contributed by atoms with Crippen LogP contribution in [0.5, 0.6) is 0 Å². The number of rotatable bonds is 4. The molecule has 2 aromatic rings. The summed E-state index contributed by atoms with van der Waals surface area (Å²) >= 11 is 5.85. The van der Waals surface area contributed by atoms with Gasteiger partial charge in [-0.15, -0.1) is 0 Å². The Bertz CT molecular complexity index is 453. The van der Waals surface area contributed by atoms with Crippen molar-refractivity contribution in [2.24, 2.45) is 0 Å². The molecule has 0 bridgehead atoms. The molecule has 80 valence electrons. The first-order valence-corrected chi connectivity index (χ1v) is 5.47. The molecule has 0 aliphatic rings. The third-order valence-corrected chi connectivity index (χ3v) is 2.39. The smallest absolute Gasteiger partial charge is 0.295 e. The number of unbranched alkanes of at least 4 members (excludes halogenated alkanes) is 1. The van der Waals surface area contributed by atoms with E-state index in [0.717, 1.165) is 30.5 Å². The fourth-order valence-corrected chi connectivity index (χ4v) is 1.51. The van der Waals surface area contributed by atoms with Crippen molar-refractivity contribution in [1.29, 1.82) is 0 Å². The third kappa shape index (κ3) is 2.42. The van der Waals surface area contributed by atoms with Crippen LogP contribution < -0.4 is 5.32 Å². The SMILES string of the molecule is CCCCNc1nc2ccc(Cl)cc2o1. The average Bonchev–Trinajstić information content (AvgIpc) is 2.60. The Balaban J connectivity index is 2.16. The van der Waals surface area contributed by atoms with Crippen molar-refractivity contribution >= 4 is 28.7 Å². The molecule has 2 rings (SSSR count). The average molecular weight is 225 g/mol. The van der Waals surface area contributed by atoms with Gasteiger partial charge in [0.2, 0.25) is 0 Å². The van der Waals surface area contributed by atoms with Crippen LogP contribution in [0.1, 0.15) is 19.8 Å². The van der Waals surface area contributed by atoms with Gasteiger partial charge in [0.25, 0.3) is 6.01 Å². The molecule has 0 atom stereocenters. The Morgan fingerprint density at radius 2 is 2.33 bits per heavy atom. The second-order valence-corrected chi connectivity index (χ2v) is 3.85. The number of anilines is 1. The maximum absolute atomic E-state index is 5.85. The zero-order valence-electron chi connectivity index (χ0n) is 8.59. The van der Waals surface area contributed by atoms with Crippen LogP contribution in [-0.2, 0) is 0 Å². The fraction of sp³-hybridized carbons (Fsp3) is 0.364. The van der Waals surface area contributed by atoms with Gasteiger partial charge in [0.05, 0.1) is 0 Å².